The molecular formula is C35H38N4O. The number of aryl methyl sites for hydroxylation is 2. The minimum Gasteiger partial charge on any atom is -0.389 e. The van der Waals surface area contributed by atoms with Gasteiger partial charge in [-0.1, -0.05) is 41.5 Å². The second-order valence-corrected chi connectivity index (χ2v) is 11.0. The summed E-state index contributed by atoms with van der Waals surface area (Å²) in [5.74, 6) is -0.124. The van der Waals surface area contributed by atoms with E-state index in [-0.39, 0.29) is 17.7 Å². The molecule has 40 heavy (non-hydrogen) atoms. The van der Waals surface area contributed by atoms with E-state index < -0.39 is 0 Å². The maximum absolute atomic E-state index is 13.1. The summed E-state index contributed by atoms with van der Waals surface area (Å²) in [6.45, 7) is 6.86. The Kier molecular flexibility index (Phi) is 8.36. The summed E-state index contributed by atoms with van der Waals surface area (Å²) in [6, 6.07) is 14.5. The Bertz CT molecular complexity index is 1580. The fourth-order valence-electron chi connectivity index (χ4n) is 5.82. The number of allylic oxidation sites excluding steroid dienone is 4. The molecule has 5 heteroatoms. The van der Waals surface area contributed by atoms with Crippen LogP contribution in [0, 0.1) is 31.1 Å². The molecule has 3 N–H and O–H groups in total. The molecule has 0 amide bonds. The number of fused-ring (bicyclic) bond motifs is 1. The van der Waals surface area contributed by atoms with Gasteiger partial charge < -0.3 is 15.6 Å². The lowest BCUT2D eigenvalue weighted by molar-refractivity contribution is 0.104. The first kappa shape index (κ1) is 27.3. The molecule has 2 aromatic carbocycles. The van der Waals surface area contributed by atoms with E-state index in [0.29, 0.717) is 6.54 Å². The standard InChI is InChI=1S/C35H38N4O/c1-4-25-6-5-7-26(9-8-25)19-34(40)28-12-10-27(23(2)18-28)11-13-29-21-37-22-30(20-36)35(29)39-32-14-15-33-31(24(32)3)16-17-38-33/h4,10-19,21,30,35,37-39H,5-9,22H2,1-3H3/b13-11+,25-4+,26-19?. The van der Waals surface area contributed by atoms with Crippen LogP contribution >= 0.6 is 0 Å². The summed E-state index contributed by atoms with van der Waals surface area (Å²) >= 11 is 0. The number of carbonyl (C=O) groups is 1. The molecule has 2 aliphatic rings. The third-order valence-corrected chi connectivity index (χ3v) is 8.36. The van der Waals surface area contributed by atoms with Gasteiger partial charge in [0.25, 0.3) is 0 Å². The van der Waals surface area contributed by atoms with Crippen LogP contribution < -0.4 is 10.6 Å². The highest BCUT2D eigenvalue weighted by Crippen LogP contribution is 2.30. The van der Waals surface area contributed by atoms with Gasteiger partial charge >= 0.3 is 0 Å². The molecule has 5 nitrogen and oxygen atoms in total. The van der Waals surface area contributed by atoms with Gasteiger partial charge in [0.15, 0.2) is 5.78 Å². The Morgan fingerprint density at radius 3 is 2.67 bits per heavy atom. The molecule has 0 bridgehead atoms. The summed E-state index contributed by atoms with van der Waals surface area (Å²) in [7, 11) is 0. The molecule has 0 saturated heterocycles. The topological polar surface area (TPSA) is 80.7 Å². The summed E-state index contributed by atoms with van der Waals surface area (Å²) in [5.41, 5.74) is 9.92. The van der Waals surface area contributed by atoms with Crippen molar-refractivity contribution >= 4 is 28.4 Å². The Morgan fingerprint density at radius 2 is 1.88 bits per heavy atom. The molecule has 1 aliphatic heterocycles. The number of nitriles is 1. The highest BCUT2D eigenvalue weighted by molar-refractivity contribution is 6.05. The average molecular weight is 531 g/mol. The monoisotopic (exact) mass is 530 g/mol. The highest BCUT2D eigenvalue weighted by Gasteiger charge is 2.27. The fourth-order valence-corrected chi connectivity index (χ4v) is 5.82. The second kappa shape index (κ2) is 12.3. The normalized spacial score (nSPS) is 21.7. The van der Waals surface area contributed by atoms with Gasteiger partial charge in [-0.3, -0.25) is 4.79 Å². The predicted octanol–water partition coefficient (Wildman–Crippen LogP) is 7.93. The highest BCUT2D eigenvalue weighted by atomic mass is 16.1. The van der Waals surface area contributed by atoms with Crippen molar-refractivity contribution in [2.24, 2.45) is 5.92 Å². The number of hydrogen-bond acceptors (Lipinski definition) is 4. The van der Waals surface area contributed by atoms with Crippen molar-refractivity contribution in [2.45, 2.75) is 58.9 Å². The lowest BCUT2D eigenvalue weighted by Crippen LogP contribution is -2.40. The van der Waals surface area contributed by atoms with Crippen LogP contribution in [0.25, 0.3) is 17.0 Å². The number of aromatic amines is 1. The zero-order valence-corrected chi connectivity index (χ0v) is 23.7. The quantitative estimate of drug-likeness (QED) is 0.131. The van der Waals surface area contributed by atoms with E-state index in [2.05, 4.69) is 72.0 Å². The van der Waals surface area contributed by atoms with Gasteiger partial charge in [0.1, 0.15) is 0 Å². The first-order valence-electron chi connectivity index (χ1n) is 14.3. The first-order chi connectivity index (χ1) is 19.5. The SMILES string of the molecule is C/C=C1\CCCC(=CC(=O)c2ccc(/C=C/C3=CNCC(C#N)C3Nc3ccc4[nH]ccc4c3C)c(C)c2)CC1. The lowest BCUT2D eigenvalue weighted by Gasteiger charge is -2.30. The summed E-state index contributed by atoms with van der Waals surface area (Å²) < 4.78 is 0. The van der Waals surface area contributed by atoms with Crippen molar-refractivity contribution in [3.63, 3.8) is 0 Å². The van der Waals surface area contributed by atoms with E-state index in [0.717, 1.165) is 71.1 Å². The van der Waals surface area contributed by atoms with E-state index in [1.807, 2.05) is 43.6 Å². The predicted molar refractivity (Wildman–Crippen MR) is 165 cm³/mol. The number of nitrogens with zero attached hydrogens (tertiary/aromatic N) is 1. The van der Waals surface area contributed by atoms with Crippen LogP contribution in [-0.4, -0.2) is 23.4 Å². The fraction of sp³-hybridized carbons (Fsp3) is 0.314. The molecule has 2 unspecified atom stereocenters. The van der Waals surface area contributed by atoms with Crippen molar-refractivity contribution in [3.05, 3.63) is 106 Å². The van der Waals surface area contributed by atoms with Gasteiger partial charge in [0, 0.05) is 41.1 Å². The molecule has 1 fully saturated rings. The Hall–Kier alpha value is -4.30. The van der Waals surface area contributed by atoms with E-state index >= 15 is 0 Å². The van der Waals surface area contributed by atoms with Crippen LogP contribution in [0.15, 0.2) is 83.7 Å². The molecular weight excluding hydrogens is 492 g/mol. The van der Waals surface area contributed by atoms with Gasteiger partial charge in [-0.15, -0.1) is 0 Å². The molecule has 1 saturated carbocycles. The van der Waals surface area contributed by atoms with Gasteiger partial charge in [0.2, 0.25) is 0 Å². The molecule has 0 spiro atoms. The molecule has 2 heterocycles. The van der Waals surface area contributed by atoms with Crippen LogP contribution in [0.1, 0.15) is 66.1 Å². The van der Waals surface area contributed by atoms with Crippen LogP contribution in [-0.2, 0) is 0 Å². The van der Waals surface area contributed by atoms with Crippen molar-refractivity contribution in [2.75, 3.05) is 11.9 Å². The number of rotatable bonds is 6. The summed E-state index contributed by atoms with van der Waals surface area (Å²) in [4.78, 5) is 16.3. The van der Waals surface area contributed by atoms with Gasteiger partial charge in [-0.2, -0.15) is 5.26 Å². The number of hydrogen-bond donors (Lipinski definition) is 3. The van der Waals surface area contributed by atoms with Crippen LogP contribution in [0.5, 0.6) is 0 Å². The maximum Gasteiger partial charge on any atom is 0.185 e. The zero-order valence-electron chi connectivity index (χ0n) is 23.7. The van der Waals surface area contributed by atoms with E-state index in [4.69, 9.17) is 0 Å². The van der Waals surface area contributed by atoms with Crippen LogP contribution in [0.4, 0.5) is 5.69 Å². The Morgan fingerprint density at radius 1 is 1.05 bits per heavy atom. The number of anilines is 1. The van der Waals surface area contributed by atoms with Gasteiger partial charge in [-0.25, -0.2) is 0 Å². The Labute approximate surface area is 237 Å². The second-order valence-electron chi connectivity index (χ2n) is 11.0. The number of H-pyrrole nitrogens is 1. The minimum absolute atomic E-state index is 0.0904. The van der Waals surface area contributed by atoms with E-state index in [1.165, 1.54) is 16.5 Å². The van der Waals surface area contributed by atoms with Gasteiger partial charge in [0.05, 0.1) is 18.0 Å². The number of ketones is 1. The molecule has 1 aromatic heterocycles. The zero-order chi connectivity index (χ0) is 28.1. The molecule has 204 valence electrons. The van der Waals surface area contributed by atoms with Crippen LogP contribution in [0.2, 0.25) is 0 Å². The van der Waals surface area contributed by atoms with Crippen molar-refractivity contribution in [1.29, 1.82) is 5.26 Å². The summed E-state index contributed by atoms with van der Waals surface area (Å²) in [5, 5.41) is 18.0. The van der Waals surface area contributed by atoms with Gasteiger partial charge in [-0.05, 0) is 105 Å². The maximum atomic E-state index is 13.1. The van der Waals surface area contributed by atoms with E-state index in [9.17, 15) is 10.1 Å². The first-order valence-corrected chi connectivity index (χ1v) is 14.3. The molecule has 5 rings (SSSR count). The summed E-state index contributed by atoms with van der Waals surface area (Å²) in [6.07, 6.45) is 17.5. The lowest BCUT2D eigenvalue weighted by atomic mass is 9.90. The van der Waals surface area contributed by atoms with Crippen molar-refractivity contribution < 1.29 is 4.79 Å². The number of carbonyl (C=O) groups excluding carboxylic acids is 1. The van der Waals surface area contributed by atoms with Crippen molar-refractivity contribution in [1.82, 2.24) is 10.3 Å². The van der Waals surface area contributed by atoms with Crippen molar-refractivity contribution in [3.8, 4) is 6.07 Å². The number of aromatic nitrogens is 1. The third kappa shape index (κ3) is 5.97. The third-order valence-electron chi connectivity index (χ3n) is 8.36. The molecule has 3 aromatic rings. The molecule has 0 radical (unpaired) electrons. The van der Waals surface area contributed by atoms with E-state index in [1.54, 1.807) is 0 Å². The molecule has 2 atom stereocenters. The number of nitrogens with one attached hydrogen (secondary N) is 3. The van der Waals surface area contributed by atoms with Crippen LogP contribution in [0.3, 0.4) is 0 Å². The minimum atomic E-state index is -0.215. The average Bonchev–Trinajstić information content (AvgIpc) is 3.34. The smallest absolute Gasteiger partial charge is 0.185 e. The number of benzene rings is 2. The molecule has 1 aliphatic carbocycles. The Balaban J connectivity index is 1.33. The largest absolute Gasteiger partial charge is 0.389 e.